The third-order valence-electron chi connectivity index (χ3n) is 5.18. The zero-order valence-corrected chi connectivity index (χ0v) is 18.2. The number of amides is 1. The molecule has 1 saturated heterocycles. The van der Waals surface area contributed by atoms with Crippen LogP contribution >= 0.6 is 0 Å². The molecule has 8 nitrogen and oxygen atoms in total. The molecule has 0 bridgehead atoms. The van der Waals surface area contributed by atoms with Crippen LogP contribution in [0, 0.1) is 20.8 Å². The van der Waals surface area contributed by atoms with Crippen LogP contribution in [0.2, 0.25) is 0 Å². The molecule has 29 heavy (non-hydrogen) atoms. The Bertz CT molecular complexity index is 1010. The van der Waals surface area contributed by atoms with Crippen molar-refractivity contribution in [1.82, 2.24) is 14.1 Å². The highest BCUT2D eigenvalue weighted by atomic mass is 32.2. The van der Waals surface area contributed by atoms with Crippen LogP contribution in [0.15, 0.2) is 23.1 Å². The van der Waals surface area contributed by atoms with Crippen molar-refractivity contribution in [3.63, 3.8) is 0 Å². The van der Waals surface area contributed by atoms with Crippen molar-refractivity contribution < 1.29 is 17.9 Å². The van der Waals surface area contributed by atoms with Gasteiger partial charge >= 0.3 is 0 Å². The van der Waals surface area contributed by atoms with Crippen LogP contribution in [-0.2, 0) is 32.5 Å². The maximum Gasteiger partial charge on any atom is 0.246 e. The zero-order valence-electron chi connectivity index (χ0n) is 17.4. The van der Waals surface area contributed by atoms with Crippen LogP contribution in [0.25, 0.3) is 0 Å². The molecule has 0 unspecified atom stereocenters. The fourth-order valence-electron chi connectivity index (χ4n) is 3.64. The Hall–Kier alpha value is -2.23. The predicted octanol–water partition coefficient (Wildman–Crippen LogP) is 2.03. The Morgan fingerprint density at radius 1 is 1.21 bits per heavy atom. The van der Waals surface area contributed by atoms with E-state index in [1.807, 2.05) is 32.0 Å². The molecule has 1 N–H and O–H groups in total. The van der Waals surface area contributed by atoms with Crippen LogP contribution in [0.5, 0.6) is 0 Å². The number of nitrogens with one attached hydrogen (secondary N) is 1. The molecule has 0 spiro atoms. The fourth-order valence-corrected chi connectivity index (χ4v) is 5.42. The van der Waals surface area contributed by atoms with Crippen molar-refractivity contribution in [1.29, 1.82) is 0 Å². The first kappa shape index (κ1) is 21.5. The number of ether oxygens (including phenoxy) is 1. The molecule has 3 rings (SSSR count). The number of para-hydroxylation sites is 1. The van der Waals surface area contributed by atoms with Crippen LogP contribution in [0.4, 0.5) is 5.69 Å². The van der Waals surface area contributed by atoms with Crippen molar-refractivity contribution in [2.45, 2.75) is 45.6 Å². The number of carbonyl (C=O) groups is 1. The maximum atomic E-state index is 13.1. The van der Waals surface area contributed by atoms with Crippen molar-refractivity contribution in [3.8, 4) is 0 Å². The first-order valence-electron chi connectivity index (χ1n) is 9.76. The number of rotatable bonds is 6. The average Bonchev–Trinajstić information content (AvgIpc) is 2.97. The molecule has 0 atom stereocenters. The zero-order chi connectivity index (χ0) is 21.2. The summed E-state index contributed by atoms with van der Waals surface area (Å²) < 4.78 is 34.3. The summed E-state index contributed by atoms with van der Waals surface area (Å²) in [6.07, 6.45) is 0.805. The second-order valence-electron chi connectivity index (χ2n) is 7.18. The summed E-state index contributed by atoms with van der Waals surface area (Å²) >= 11 is 0. The minimum absolute atomic E-state index is 0.0528. The quantitative estimate of drug-likeness (QED) is 0.772. The summed E-state index contributed by atoms with van der Waals surface area (Å²) in [4.78, 5) is 12.9. The molecular formula is C20H28N4O4S. The van der Waals surface area contributed by atoms with Crippen molar-refractivity contribution in [2.75, 3.05) is 31.6 Å². The number of aromatic nitrogens is 2. The van der Waals surface area contributed by atoms with Gasteiger partial charge < -0.3 is 10.1 Å². The normalized spacial score (nSPS) is 15.4. The van der Waals surface area contributed by atoms with E-state index in [0.717, 1.165) is 23.2 Å². The Balaban J connectivity index is 1.83. The van der Waals surface area contributed by atoms with E-state index in [-0.39, 0.29) is 17.3 Å². The molecule has 1 aliphatic rings. The van der Waals surface area contributed by atoms with Gasteiger partial charge in [0.2, 0.25) is 15.9 Å². The van der Waals surface area contributed by atoms with E-state index in [4.69, 9.17) is 4.74 Å². The van der Waals surface area contributed by atoms with E-state index >= 15 is 0 Å². The van der Waals surface area contributed by atoms with Gasteiger partial charge in [-0.05, 0) is 38.3 Å². The number of anilines is 1. The number of hydrogen-bond donors (Lipinski definition) is 1. The van der Waals surface area contributed by atoms with E-state index < -0.39 is 10.0 Å². The number of aryl methyl sites for hydroxylation is 3. The molecule has 158 valence electrons. The molecule has 0 radical (unpaired) electrons. The number of benzene rings is 1. The molecule has 1 fully saturated rings. The molecule has 9 heteroatoms. The third kappa shape index (κ3) is 4.36. The standard InChI is InChI=1S/C20H28N4O4S/c1-5-17-8-6-7-14(2)19(17)21-18(25)13-24-16(4)20(15(3)22-24)29(26,27)23-9-11-28-12-10-23/h6-8H,5,9-13H2,1-4H3,(H,21,25). The Labute approximate surface area is 171 Å². The molecule has 1 aromatic carbocycles. The summed E-state index contributed by atoms with van der Waals surface area (Å²) in [7, 11) is -3.68. The largest absolute Gasteiger partial charge is 0.379 e. The van der Waals surface area contributed by atoms with Gasteiger partial charge in [-0.25, -0.2) is 8.42 Å². The summed E-state index contributed by atoms with van der Waals surface area (Å²) in [5.41, 5.74) is 3.71. The third-order valence-corrected chi connectivity index (χ3v) is 7.33. The van der Waals surface area contributed by atoms with E-state index in [1.165, 1.54) is 8.99 Å². The second kappa shape index (κ2) is 8.64. The lowest BCUT2D eigenvalue weighted by atomic mass is 10.1. The van der Waals surface area contributed by atoms with E-state index in [2.05, 4.69) is 10.4 Å². The van der Waals surface area contributed by atoms with E-state index in [9.17, 15) is 13.2 Å². The predicted molar refractivity (Wildman–Crippen MR) is 110 cm³/mol. The Morgan fingerprint density at radius 2 is 1.90 bits per heavy atom. The minimum atomic E-state index is -3.68. The second-order valence-corrected chi connectivity index (χ2v) is 9.06. The molecule has 0 saturated carbocycles. The number of sulfonamides is 1. The topological polar surface area (TPSA) is 93.5 Å². The Kier molecular flexibility index (Phi) is 6.40. The summed E-state index contributed by atoms with van der Waals surface area (Å²) in [5.74, 6) is -0.241. The Morgan fingerprint density at radius 3 is 2.55 bits per heavy atom. The highest BCUT2D eigenvalue weighted by molar-refractivity contribution is 7.89. The van der Waals surface area contributed by atoms with Crippen molar-refractivity contribution >= 4 is 21.6 Å². The van der Waals surface area contributed by atoms with Gasteiger partial charge in [-0.1, -0.05) is 25.1 Å². The number of hydrogen-bond acceptors (Lipinski definition) is 5. The molecular weight excluding hydrogens is 392 g/mol. The lowest BCUT2D eigenvalue weighted by Crippen LogP contribution is -2.41. The van der Waals surface area contributed by atoms with Crippen molar-refractivity contribution in [2.24, 2.45) is 0 Å². The molecule has 1 aliphatic heterocycles. The summed E-state index contributed by atoms with van der Waals surface area (Å²) in [6.45, 7) is 8.67. The number of nitrogens with zero attached hydrogens (tertiary/aromatic N) is 3. The van der Waals surface area contributed by atoms with Crippen LogP contribution in [0.3, 0.4) is 0 Å². The van der Waals surface area contributed by atoms with Gasteiger partial charge in [0.1, 0.15) is 11.4 Å². The monoisotopic (exact) mass is 420 g/mol. The van der Waals surface area contributed by atoms with Gasteiger partial charge in [-0.3, -0.25) is 9.48 Å². The first-order valence-corrected chi connectivity index (χ1v) is 11.2. The first-order chi connectivity index (χ1) is 13.8. The van der Waals surface area contributed by atoms with Gasteiger partial charge in [-0.15, -0.1) is 0 Å². The lowest BCUT2D eigenvalue weighted by molar-refractivity contribution is -0.117. The van der Waals surface area contributed by atoms with Gasteiger partial charge in [0.05, 0.1) is 24.6 Å². The lowest BCUT2D eigenvalue weighted by Gasteiger charge is -2.26. The van der Waals surface area contributed by atoms with Crippen LogP contribution < -0.4 is 5.32 Å². The van der Waals surface area contributed by atoms with Crippen LogP contribution in [0.1, 0.15) is 29.4 Å². The van der Waals surface area contributed by atoms with Gasteiger partial charge in [0.15, 0.2) is 0 Å². The smallest absolute Gasteiger partial charge is 0.246 e. The minimum Gasteiger partial charge on any atom is -0.379 e. The molecule has 1 amide bonds. The number of carbonyl (C=O) groups excluding carboxylic acids is 1. The van der Waals surface area contributed by atoms with Gasteiger partial charge in [-0.2, -0.15) is 9.40 Å². The van der Waals surface area contributed by atoms with Crippen molar-refractivity contribution in [3.05, 3.63) is 40.7 Å². The molecule has 1 aromatic heterocycles. The summed E-state index contributed by atoms with van der Waals surface area (Å²) in [5, 5.41) is 7.30. The fraction of sp³-hybridized carbons (Fsp3) is 0.500. The highest BCUT2D eigenvalue weighted by Gasteiger charge is 2.32. The molecule has 2 aromatic rings. The van der Waals surface area contributed by atoms with E-state index in [0.29, 0.717) is 37.7 Å². The SMILES string of the molecule is CCc1cccc(C)c1NC(=O)Cn1nc(C)c(S(=O)(=O)N2CCOCC2)c1C. The summed E-state index contributed by atoms with van der Waals surface area (Å²) in [6, 6.07) is 5.90. The van der Waals surface area contributed by atoms with Gasteiger partial charge in [0, 0.05) is 18.8 Å². The van der Waals surface area contributed by atoms with E-state index in [1.54, 1.807) is 13.8 Å². The maximum absolute atomic E-state index is 13.1. The number of morpholine rings is 1. The van der Waals surface area contributed by atoms with Crippen LogP contribution in [-0.4, -0.2) is 54.7 Å². The highest BCUT2D eigenvalue weighted by Crippen LogP contribution is 2.25. The van der Waals surface area contributed by atoms with Gasteiger partial charge in [0.25, 0.3) is 0 Å². The average molecular weight is 421 g/mol. The molecule has 0 aliphatic carbocycles. The molecule has 2 heterocycles.